The first kappa shape index (κ1) is 10.0. The van der Waals surface area contributed by atoms with Gasteiger partial charge in [-0.2, -0.15) is 0 Å². The zero-order chi connectivity index (χ0) is 10.1. The molecule has 1 aromatic carbocycles. The van der Waals surface area contributed by atoms with E-state index < -0.39 is 0 Å². The molecule has 1 heterocycles. The number of aryl methyl sites for hydroxylation is 1. The lowest BCUT2D eigenvalue weighted by atomic mass is 10.1. The van der Waals surface area contributed by atoms with Crippen LogP contribution in [-0.4, -0.2) is 5.11 Å². The fraction of sp³-hybridized carbons (Fsp3) is 0.273. The SMILES string of the molecule is CCc1csc2c(S)c(CO)ccc12. The summed E-state index contributed by atoms with van der Waals surface area (Å²) in [6.07, 6.45) is 1.05. The predicted octanol–water partition coefficient (Wildman–Crippen LogP) is 3.24. The summed E-state index contributed by atoms with van der Waals surface area (Å²) in [5.74, 6) is 0. The first-order valence-electron chi connectivity index (χ1n) is 4.59. The minimum Gasteiger partial charge on any atom is -0.392 e. The van der Waals surface area contributed by atoms with Gasteiger partial charge in [0.1, 0.15) is 0 Å². The van der Waals surface area contributed by atoms with Crippen LogP contribution < -0.4 is 0 Å². The van der Waals surface area contributed by atoms with Crippen LogP contribution in [0.4, 0.5) is 0 Å². The minimum atomic E-state index is 0.0636. The second-order valence-corrected chi connectivity index (χ2v) is 4.55. The van der Waals surface area contributed by atoms with E-state index in [1.807, 2.05) is 6.07 Å². The smallest absolute Gasteiger partial charge is 0.0693 e. The maximum Gasteiger partial charge on any atom is 0.0693 e. The maximum atomic E-state index is 9.10. The number of hydrogen-bond acceptors (Lipinski definition) is 3. The molecule has 0 fully saturated rings. The number of thiol groups is 1. The van der Waals surface area contributed by atoms with Crippen molar-refractivity contribution in [2.75, 3.05) is 0 Å². The molecule has 0 radical (unpaired) electrons. The van der Waals surface area contributed by atoms with E-state index in [1.165, 1.54) is 15.6 Å². The average Bonchev–Trinajstić information content (AvgIpc) is 2.62. The highest BCUT2D eigenvalue weighted by atomic mass is 32.1. The molecule has 0 aliphatic carbocycles. The van der Waals surface area contributed by atoms with E-state index in [1.54, 1.807) is 11.3 Å². The summed E-state index contributed by atoms with van der Waals surface area (Å²) in [5.41, 5.74) is 2.27. The van der Waals surface area contributed by atoms with E-state index in [2.05, 4.69) is 31.0 Å². The van der Waals surface area contributed by atoms with Crippen molar-refractivity contribution in [1.82, 2.24) is 0 Å². The summed E-state index contributed by atoms with van der Waals surface area (Å²) in [5, 5.41) is 12.5. The summed E-state index contributed by atoms with van der Waals surface area (Å²) in [7, 11) is 0. The van der Waals surface area contributed by atoms with Crippen molar-refractivity contribution < 1.29 is 5.11 Å². The summed E-state index contributed by atoms with van der Waals surface area (Å²) < 4.78 is 1.19. The van der Waals surface area contributed by atoms with Gasteiger partial charge in [-0.05, 0) is 28.3 Å². The number of rotatable bonds is 2. The molecule has 1 aromatic heterocycles. The monoisotopic (exact) mass is 224 g/mol. The third kappa shape index (κ3) is 1.45. The van der Waals surface area contributed by atoms with Crippen LogP contribution in [0.3, 0.4) is 0 Å². The van der Waals surface area contributed by atoms with E-state index in [9.17, 15) is 0 Å². The zero-order valence-corrected chi connectivity index (χ0v) is 9.66. The standard InChI is InChI=1S/C11H12OS2/c1-2-7-6-14-11-9(7)4-3-8(5-12)10(11)13/h3-4,6,12-13H,2,5H2,1H3. The van der Waals surface area contributed by atoms with Crippen molar-refractivity contribution in [1.29, 1.82) is 0 Å². The normalized spacial score (nSPS) is 11.1. The van der Waals surface area contributed by atoms with Crippen LogP contribution in [0.5, 0.6) is 0 Å². The van der Waals surface area contributed by atoms with Crippen molar-refractivity contribution >= 4 is 34.1 Å². The number of benzene rings is 1. The molecule has 0 atom stereocenters. The molecule has 0 aliphatic heterocycles. The Morgan fingerprint density at radius 2 is 2.14 bits per heavy atom. The van der Waals surface area contributed by atoms with Crippen molar-refractivity contribution in [2.24, 2.45) is 0 Å². The largest absolute Gasteiger partial charge is 0.392 e. The van der Waals surface area contributed by atoms with Gasteiger partial charge in [-0.1, -0.05) is 19.1 Å². The van der Waals surface area contributed by atoms with Crippen molar-refractivity contribution in [3.8, 4) is 0 Å². The second kappa shape index (κ2) is 3.93. The number of fused-ring (bicyclic) bond motifs is 1. The molecule has 0 amide bonds. The molecule has 0 saturated heterocycles. The molecular weight excluding hydrogens is 212 g/mol. The molecule has 3 heteroatoms. The van der Waals surface area contributed by atoms with E-state index in [0.717, 1.165) is 16.9 Å². The van der Waals surface area contributed by atoms with Crippen LogP contribution in [0, 0.1) is 0 Å². The van der Waals surface area contributed by atoms with Gasteiger partial charge >= 0.3 is 0 Å². The molecule has 0 aliphatic rings. The predicted molar refractivity (Wildman–Crippen MR) is 64.4 cm³/mol. The Labute approximate surface area is 92.8 Å². The number of hydrogen-bond donors (Lipinski definition) is 2. The molecule has 1 nitrogen and oxygen atoms in total. The van der Waals surface area contributed by atoms with Crippen LogP contribution in [0.15, 0.2) is 22.4 Å². The van der Waals surface area contributed by atoms with Crippen molar-refractivity contribution in [2.45, 2.75) is 24.8 Å². The van der Waals surface area contributed by atoms with Crippen molar-refractivity contribution in [3.05, 3.63) is 28.6 Å². The lowest BCUT2D eigenvalue weighted by Gasteiger charge is -2.02. The van der Waals surface area contributed by atoms with Crippen LogP contribution in [-0.2, 0) is 13.0 Å². The molecule has 0 saturated carbocycles. The molecule has 0 spiro atoms. The number of aliphatic hydroxyl groups excluding tert-OH is 1. The third-order valence-electron chi connectivity index (χ3n) is 2.43. The lowest BCUT2D eigenvalue weighted by molar-refractivity contribution is 0.279. The first-order valence-corrected chi connectivity index (χ1v) is 5.92. The quantitative estimate of drug-likeness (QED) is 0.750. The highest BCUT2D eigenvalue weighted by molar-refractivity contribution is 7.80. The molecular formula is C11H12OS2. The molecule has 0 bridgehead atoms. The third-order valence-corrected chi connectivity index (χ3v) is 4.16. The Balaban J connectivity index is 2.72. The fourth-order valence-corrected chi connectivity index (χ4v) is 3.13. The Hall–Kier alpha value is -0.510. The Morgan fingerprint density at radius 1 is 1.36 bits per heavy atom. The van der Waals surface area contributed by atoms with Gasteiger partial charge in [0, 0.05) is 9.60 Å². The molecule has 74 valence electrons. The number of aliphatic hydroxyl groups is 1. The Bertz CT molecular complexity index is 460. The summed E-state index contributed by atoms with van der Waals surface area (Å²) in [4.78, 5) is 0.926. The lowest BCUT2D eigenvalue weighted by Crippen LogP contribution is -1.85. The molecule has 2 aromatic rings. The van der Waals surface area contributed by atoms with E-state index in [0.29, 0.717) is 0 Å². The van der Waals surface area contributed by atoms with Crippen LogP contribution in [0.25, 0.3) is 10.1 Å². The maximum absolute atomic E-state index is 9.10. The average molecular weight is 224 g/mol. The highest BCUT2D eigenvalue weighted by Crippen LogP contribution is 2.33. The van der Waals surface area contributed by atoms with E-state index in [4.69, 9.17) is 5.11 Å². The second-order valence-electron chi connectivity index (χ2n) is 3.22. The highest BCUT2D eigenvalue weighted by Gasteiger charge is 2.08. The molecule has 14 heavy (non-hydrogen) atoms. The summed E-state index contributed by atoms with van der Waals surface area (Å²) in [6.45, 7) is 2.22. The topological polar surface area (TPSA) is 20.2 Å². The van der Waals surface area contributed by atoms with E-state index in [-0.39, 0.29) is 6.61 Å². The Morgan fingerprint density at radius 3 is 2.79 bits per heavy atom. The summed E-state index contributed by atoms with van der Waals surface area (Å²) in [6, 6.07) is 4.03. The van der Waals surface area contributed by atoms with Gasteiger partial charge in [0.15, 0.2) is 0 Å². The Kier molecular flexibility index (Phi) is 2.81. The van der Waals surface area contributed by atoms with Gasteiger partial charge in [-0.15, -0.1) is 24.0 Å². The van der Waals surface area contributed by atoms with Crippen LogP contribution >= 0.6 is 24.0 Å². The summed E-state index contributed by atoms with van der Waals surface area (Å²) >= 11 is 6.15. The molecule has 2 rings (SSSR count). The van der Waals surface area contributed by atoms with Gasteiger partial charge in [0.25, 0.3) is 0 Å². The van der Waals surface area contributed by atoms with Gasteiger partial charge in [0.2, 0.25) is 0 Å². The zero-order valence-electron chi connectivity index (χ0n) is 7.95. The fourth-order valence-electron chi connectivity index (χ4n) is 1.58. The molecule has 0 unspecified atom stereocenters. The van der Waals surface area contributed by atoms with Crippen LogP contribution in [0.2, 0.25) is 0 Å². The van der Waals surface area contributed by atoms with Gasteiger partial charge in [0.05, 0.1) is 6.61 Å². The molecule has 1 N–H and O–H groups in total. The van der Waals surface area contributed by atoms with E-state index >= 15 is 0 Å². The van der Waals surface area contributed by atoms with Gasteiger partial charge in [-0.3, -0.25) is 0 Å². The van der Waals surface area contributed by atoms with Gasteiger partial charge < -0.3 is 5.11 Å². The van der Waals surface area contributed by atoms with Crippen molar-refractivity contribution in [3.63, 3.8) is 0 Å². The minimum absolute atomic E-state index is 0.0636. The first-order chi connectivity index (χ1) is 6.77. The van der Waals surface area contributed by atoms with Gasteiger partial charge in [-0.25, -0.2) is 0 Å². The number of thiophene rings is 1. The van der Waals surface area contributed by atoms with Crippen LogP contribution in [0.1, 0.15) is 18.1 Å².